The van der Waals surface area contributed by atoms with Crippen LogP contribution in [0.3, 0.4) is 0 Å². The van der Waals surface area contributed by atoms with Gasteiger partial charge in [-0.15, -0.1) is 0 Å². The van der Waals surface area contributed by atoms with E-state index < -0.39 is 0 Å². The van der Waals surface area contributed by atoms with E-state index in [-0.39, 0.29) is 5.78 Å². The average molecular weight is 484 g/mol. The molecule has 0 unspecified atom stereocenters. The molecule has 192 valence electrons. The number of hydrogen-bond acceptors (Lipinski definition) is 7. The number of anilines is 1. The molecule has 7 heteroatoms. The fourth-order valence-corrected chi connectivity index (χ4v) is 4.67. The summed E-state index contributed by atoms with van der Waals surface area (Å²) in [5, 5.41) is 0. The summed E-state index contributed by atoms with van der Waals surface area (Å²) >= 11 is 0. The molecular weight excluding hydrogens is 442 g/mol. The Morgan fingerprint density at radius 1 is 0.771 bits per heavy atom. The molecule has 0 saturated carbocycles. The van der Waals surface area contributed by atoms with E-state index >= 15 is 0 Å². The lowest BCUT2D eigenvalue weighted by molar-refractivity contribution is 0.104. The van der Waals surface area contributed by atoms with Gasteiger partial charge in [-0.1, -0.05) is 39.8 Å². The Balaban J connectivity index is 1.82. The van der Waals surface area contributed by atoms with Gasteiger partial charge in [-0.2, -0.15) is 0 Å². The molecular formula is C28H41N3O4. The molecule has 1 aliphatic carbocycles. The first-order valence-corrected chi connectivity index (χ1v) is 12.9. The van der Waals surface area contributed by atoms with Gasteiger partial charge in [0.05, 0.1) is 31.6 Å². The first-order valence-electron chi connectivity index (χ1n) is 12.9. The number of rotatable bonds is 15. The molecule has 0 radical (unpaired) electrons. The zero-order valence-electron chi connectivity index (χ0n) is 22.0. The topological polar surface area (TPSA) is 77.3 Å². The maximum absolute atomic E-state index is 13.4. The van der Waals surface area contributed by atoms with E-state index in [9.17, 15) is 4.79 Å². The number of ketones is 1. The minimum atomic E-state index is -0.118. The molecule has 0 amide bonds. The number of nitrogens with zero attached hydrogens (tertiary/aromatic N) is 2. The van der Waals surface area contributed by atoms with Crippen LogP contribution in [0.2, 0.25) is 0 Å². The maximum Gasteiger partial charge on any atom is 0.196 e. The van der Waals surface area contributed by atoms with Crippen molar-refractivity contribution in [1.29, 1.82) is 0 Å². The zero-order valence-corrected chi connectivity index (χ0v) is 22.0. The van der Waals surface area contributed by atoms with Crippen LogP contribution < -0.4 is 19.9 Å². The molecule has 0 atom stereocenters. The number of carbonyl (C=O) groups is 1. The number of ether oxygens (including phenoxy) is 3. The molecule has 0 heterocycles. The number of hydrogen-bond donors (Lipinski definition) is 1. The van der Waals surface area contributed by atoms with Crippen LogP contribution >= 0.6 is 0 Å². The summed E-state index contributed by atoms with van der Waals surface area (Å²) < 4.78 is 17.9. The number of benzene rings is 2. The van der Waals surface area contributed by atoms with E-state index in [1.165, 1.54) is 0 Å². The maximum atomic E-state index is 13.4. The highest BCUT2D eigenvalue weighted by Gasteiger charge is 2.36. The third-order valence-electron chi connectivity index (χ3n) is 6.80. The second kappa shape index (κ2) is 12.8. The van der Waals surface area contributed by atoms with E-state index in [1.807, 2.05) is 18.2 Å². The molecule has 0 aromatic heterocycles. The minimum Gasteiger partial charge on any atom is -0.496 e. The summed E-state index contributed by atoms with van der Waals surface area (Å²) in [7, 11) is 1.60. The minimum absolute atomic E-state index is 0.118. The predicted molar refractivity (Wildman–Crippen MR) is 142 cm³/mol. The molecule has 0 fully saturated rings. The normalized spacial score (nSPS) is 12.3. The van der Waals surface area contributed by atoms with Crippen molar-refractivity contribution in [3.8, 4) is 28.4 Å². The van der Waals surface area contributed by atoms with Crippen molar-refractivity contribution < 1.29 is 19.0 Å². The number of carbonyl (C=O) groups excluding carboxylic acids is 1. The lowest BCUT2D eigenvalue weighted by atomic mass is 10.0. The van der Waals surface area contributed by atoms with Crippen molar-refractivity contribution in [1.82, 2.24) is 9.80 Å². The standard InChI is InChI=1S/C28H41N3O4/c1-6-30(7-2)15-11-17-34-21-14-10-13-20-24(21)25-22(33-5)19-23(27(29)26(25)28(20)32)35-18-12-16-31(8-3)9-4/h10,13-14,19H,6-9,11-12,15-18,29H2,1-5H3. The second-order valence-corrected chi connectivity index (χ2v) is 8.71. The molecule has 0 saturated heterocycles. The third-order valence-corrected chi connectivity index (χ3v) is 6.80. The van der Waals surface area contributed by atoms with Gasteiger partial charge in [0.15, 0.2) is 5.78 Å². The highest BCUT2D eigenvalue weighted by molar-refractivity contribution is 6.26. The summed E-state index contributed by atoms with van der Waals surface area (Å²) in [6.45, 7) is 15.7. The van der Waals surface area contributed by atoms with Gasteiger partial charge in [-0.25, -0.2) is 0 Å². The Morgan fingerprint density at radius 3 is 1.89 bits per heavy atom. The monoisotopic (exact) mass is 483 g/mol. The van der Waals surface area contributed by atoms with Crippen LogP contribution in [-0.2, 0) is 0 Å². The van der Waals surface area contributed by atoms with Crippen molar-refractivity contribution in [2.24, 2.45) is 0 Å². The van der Waals surface area contributed by atoms with Crippen LogP contribution in [0.4, 0.5) is 5.69 Å². The number of fused-ring (bicyclic) bond motifs is 3. The molecule has 2 N–H and O–H groups in total. The lowest BCUT2D eigenvalue weighted by Gasteiger charge is -2.19. The number of nitrogen functional groups attached to an aromatic ring is 1. The summed E-state index contributed by atoms with van der Waals surface area (Å²) in [6.07, 6.45) is 1.78. The van der Waals surface area contributed by atoms with E-state index in [4.69, 9.17) is 19.9 Å². The largest absolute Gasteiger partial charge is 0.496 e. The van der Waals surface area contributed by atoms with E-state index in [0.717, 1.165) is 57.7 Å². The van der Waals surface area contributed by atoms with Gasteiger partial charge in [0.1, 0.15) is 17.2 Å². The van der Waals surface area contributed by atoms with Gasteiger partial charge in [-0.05, 0) is 45.1 Å². The molecule has 2 aromatic rings. The summed E-state index contributed by atoms with van der Waals surface area (Å²) in [6, 6.07) is 7.39. The van der Waals surface area contributed by atoms with E-state index in [2.05, 4.69) is 37.5 Å². The smallest absolute Gasteiger partial charge is 0.196 e. The van der Waals surface area contributed by atoms with Crippen molar-refractivity contribution in [2.75, 3.05) is 65.3 Å². The van der Waals surface area contributed by atoms with Crippen molar-refractivity contribution in [2.45, 2.75) is 40.5 Å². The van der Waals surface area contributed by atoms with Crippen molar-refractivity contribution in [3.63, 3.8) is 0 Å². The van der Waals surface area contributed by atoms with Crippen molar-refractivity contribution in [3.05, 3.63) is 35.4 Å². The number of nitrogens with two attached hydrogens (primary N) is 1. The third kappa shape index (κ3) is 5.90. The predicted octanol–water partition coefficient (Wildman–Crippen LogP) is 4.71. The van der Waals surface area contributed by atoms with Crippen LogP contribution in [0, 0.1) is 0 Å². The summed E-state index contributed by atoms with van der Waals surface area (Å²) in [5.41, 5.74) is 9.34. The summed E-state index contributed by atoms with van der Waals surface area (Å²) in [4.78, 5) is 18.1. The van der Waals surface area contributed by atoms with Crippen molar-refractivity contribution >= 4 is 11.5 Å². The molecule has 35 heavy (non-hydrogen) atoms. The average Bonchev–Trinajstić information content (AvgIpc) is 3.19. The molecule has 0 aliphatic heterocycles. The molecule has 3 rings (SSSR count). The lowest BCUT2D eigenvalue weighted by Crippen LogP contribution is -2.25. The first-order chi connectivity index (χ1) is 17.0. The Bertz CT molecular complexity index is 1000. The Morgan fingerprint density at radius 2 is 1.34 bits per heavy atom. The van der Waals surface area contributed by atoms with Gasteiger partial charge in [0, 0.05) is 35.8 Å². The van der Waals surface area contributed by atoms with Crippen LogP contribution in [0.15, 0.2) is 24.3 Å². The van der Waals surface area contributed by atoms with Gasteiger partial charge in [0.25, 0.3) is 0 Å². The highest BCUT2D eigenvalue weighted by atomic mass is 16.5. The van der Waals surface area contributed by atoms with Gasteiger partial charge < -0.3 is 29.7 Å². The molecule has 1 aliphatic rings. The van der Waals surface area contributed by atoms with Crippen LogP contribution in [0.25, 0.3) is 11.1 Å². The molecule has 0 spiro atoms. The first kappa shape index (κ1) is 26.8. The highest BCUT2D eigenvalue weighted by Crippen LogP contribution is 2.51. The Kier molecular flexibility index (Phi) is 9.81. The fourth-order valence-electron chi connectivity index (χ4n) is 4.67. The van der Waals surface area contributed by atoms with Gasteiger partial charge in [0.2, 0.25) is 0 Å². The molecule has 0 bridgehead atoms. The van der Waals surface area contributed by atoms with Crippen LogP contribution in [0.5, 0.6) is 17.2 Å². The molecule has 7 nitrogen and oxygen atoms in total. The van der Waals surface area contributed by atoms with Crippen LogP contribution in [0.1, 0.15) is 56.5 Å². The SMILES string of the molecule is CCN(CC)CCCOc1cc(OC)c2c(c1N)C(=O)c1cccc(OCCCN(CC)CC)c1-2. The quantitative estimate of drug-likeness (QED) is 0.248. The van der Waals surface area contributed by atoms with Gasteiger partial charge in [-0.3, -0.25) is 4.79 Å². The van der Waals surface area contributed by atoms with Gasteiger partial charge >= 0.3 is 0 Å². The van der Waals surface area contributed by atoms with E-state index in [1.54, 1.807) is 13.2 Å². The Labute approximate surface area is 210 Å². The zero-order chi connectivity index (χ0) is 25.4. The fraction of sp³-hybridized carbons (Fsp3) is 0.536. The van der Waals surface area contributed by atoms with Crippen LogP contribution in [-0.4, -0.2) is 75.2 Å². The van der Waals surface area contributed by atoms with E-state index in [0.29, 0.717) is 52.8 Å². The number of methoxy groups -OCH3 is 1. The summed E-state index contributed by atoms with van der Waals surface area (Å²) in [5.74, 6) is 1.62. The second-order valence-electron chi connectivity index (χ2n) is 8.71. The Hall–Kier alpha value is -2.77. The molecule has 2 aromatic carbocycles.